The van der Waals surface area contributed by atoms with Crippen molar-refractivity contribution in [1.82, 2.24) is 5.32 Å². The van der Waals surface area contributed by atoms with Crippen LogP contribution in [0.4, 0.5) is 0 Å². The summed E-state index contributed by atoms with van der Waals surface area (Å²) >= 11 is 0. The molecule has 0 fully saturated rings. The monoisotopic (exact) mass is 247 g/mol. The Morgan fingerprint density at radius 1 is 1.33 bits per heavy atom. The fraction of sp³-hybridized carbons (Fsp3) is 0.429. The number of aryl methyl sites for hydroxylation is 1. The number of benzene rings is 1. The Bertz CT molecular complexity index is 456. The molecule has 4 heteroatoms. The van der Waals surface area contributed by atoms with Crippen LogP contribution in [-0.4, -0.2) is 23.5 Å². The van der Waals surface area contributed by atoms with Gasteiger partial charge in [0.2, 0.25) is 5.91 Å². The van der Waals surface area contributed by atoms with E-state index < -0.39 is 5.97 Å². The van der Waals surface area contributed by atoms with E-state index in [1.54, 1.807) is 0 Å². The van der Waals surface area contributed by atoms with Gasteiger partial charge < -0.3 is 10.4 Å². The lowest BCUT2D eigenvalue weighted by molar-refractivity contribution is -0.136. The van der Waals surface area contributed by atoms with Crippen molar-refractivity contribution < 1.29 is 14.7 Å². The van der Waals surface area contributed by atoms with Gasteiger partial charge in [-0.3, -0.25) is 9.59 Å². The lowest BCUT2D eigenvalue weighted by Crippen LogP contribution is -2.32. The number of carboxylic acids is 1. The highest BCUT2D eigenvalue weighted by atomic mass is 16.4. The summed E-state index contributed by atoms with van der Waals surface area (Å²) in [5.74, 6) is -1.06. The lowest BCUT2D eigenvalue weighted by Gasteiger charge is -2.24. The average Bonchev–Trinajstić information content (AvgIpc) is 2.37. The van der Waals surface area contributed by atoms with Crippen molar-refractivity contribution in [2.75, 3.05) is 6.54 Å². The van der Waals surface area contributed by atoms with Crippen molar-refractivity contribution in [2.45, 2.75) is 31.6 Å². The summed E-state index contributed by atoms with van der Waals surface area (Å²) < 4.78 is 0. The van der Waals surface area contributed by atoms with Gasteiger partial charge in [-0.05, 0) is 30.4 Å². The Hall–Kier alpha value is -1.84. The molecule has 0 aromatic heterocycles. The van der Waals surface area contributed by atoms with Crippen molar-refractivity contribution in [3.63, 3.8) is 0 Å². The highest BCUT2D eigenvalue weighted by Crippen LogP contribution is 2.31. The minimum absolute atomic E-state index is 0.0277. The maximum absolute atomic E-state index is 12.0. The molecular weight excluding hydrogens is 230 g/mol. The average molecular weight is 247 g/mol. The number of amides is 1. The zero-order chi connectivity index (χ0) is 13.0. The van der Waals surface area contributed by atoms with Crippen LogP contribution in [0.5, 0.6) is 0 Å². The van der Waals surface area contributed by atoms with Gasteiger partial charge in [-0.2, -0.15) is 0 Å². The predicted octanol–water partition coefficient (Wildman–Crippen LogP) is 1.70. The molecule has 2 rings (SSSR count). The molecule has 18 heavy (non-hydrogen) atoms. The maximum atomic E-state index is 12.0. The number of carbonyl (C=O) groups excluding carboxylic acids is 1. The highest BCUT2D eigenvalue weighted by Gasteiger charge is 2.25. The second kappa shape index (κ2) is 5.67. The molecule has 1 aromatic carbocycles. The van der Waals surface area contributed by atoms with Gasteiger partial charge in [0.15, 0.2) is 0 Å². The SMILES string of the molecule is O=C(O)CCNC(=O)C1CCCc2ccccc21. The summed E-state index contributed by atoms with van der Waals surface area (Å²) in [4.78, 5) is 22.4. The van der Waals surface area contributed by atoms with E-state index in [4.69, 9.17) is 5.11 Å². The topological polar surface area (TPSA) is 66.4 Å². The number of rotatable bonds is 4. The number of carbonyl (C=O) groups is 2. The van der Waals surface area contributed by atoms with Crippen molar-refractivity contribution in [3.8, 4) is 0 Å². The van der Waals surface area contributed by atoms with Crippen molar-refractivity contribution >= 4 is 11.9 Å². The molecule has 0 spiro atoms. The molecule has 0 radical (unpaired) electrons. The van der Waals surface area contributed by atoms with Crippen molar-refractivity contribution in [2.24, 2.45) is 0 Å². The van der Waals surface area contributed by atoms with E-state index in [2.05, 4.69) is 11.4 Å². The zero-order valence-electron chi connectivity index (χ0n) is 10.2. The molecule has 0 bridgehead atoms. The third-order valence-electron chi connectivity index (χ3n) is 3.32. The Kier molecular flexibility index (Phi) is 3.97. The van der Waals surface area contributed by atoms with Crippen LogP contribution in [0, 0.1) is 0 Å². The minimum Gasteiger partial charge on any atom is -0.481 e. The molecule has 1 atom stereocenters. The van der Waals surface area contributed by atoms with E-state index in [1.165, 1.54) is 5.56 Å². The minimum atomic E-state index is -0.889. The summed E-state index contributed by atoms with van der Waals surface area (Å²) in [7, 11) is 0. The number of hydrogen-bond donors (Lipinski definition) is 2. The van der Waals surface area contributed by atoms with E-state index in [0.29, 0.717) is 0 Å². The maximum Gasteiger partial charge on any atom is 0.305 e. The van der Waals surface area contributed by atoms with Gasteiger partial charge in [0.1, 0.15) is 0 Å². The molecule has 1 amide bonds. The molecular formula is C14H17NO3. The first-order valence-corrected chi connectivity index (χ1v) is 6.26. The van der Waals surface area contributed by atoms with Crippen LogP contribution >= 0.6 is 0 Å². The van der Waals surface area contributed by atoms with Crippen molar-refractivity contribution in [1.29, 1.82) is 0 Å². The molecule has 4 nitrogen and oxygen atoms in total. The fourth-order valence-corrected chi connectivity index (χ4v) is 2.44. The van der Waals surface area contributed by atoms with Gasteiger partial charge in [-0.1, -0.05) is 24.3 Å². The lowest BCUT2D eigenvalue weighted by atomic mass is 9.82. The van der Waals surface area contributed by atoms with Gasteiger partial charge in [0.25, 0.3) is 0 Å². The Labute approximate surface area is 106 Å². The number of nitrogens with one attached hydrogen (secondary N) is 1. The van der Waals surface area contributed by atoms with Gasteiger partial charge in [0, 0.05) is 6.54 Å². The number of fused-ring (bicyclic) bond motifs is 1. The quantitative estimate of drug-likeness (QED) is 0.851. The third kappa shape index (κ3) is 2.88. The third-order valence-corrected chi connectivity index (χ3v) is 3.32. The number of aliphatic carboxylic acids is 1. The van der Waals surface area contributed by atoms with Crippen LogP contribution in [0.1, 0.15) is 36.3 Å². The normalized spacial score (nSPS) is 17.9. The molecule has 0 saturated carbocycles. The fourth-order valence-electron chi connectivity index (χ4n) is 2.44. The molecule has 1 aliphatic rings. The first-order valence-electron chi connectivity index (χ1n) is 6.26. The van der Waals surface area contributed by atoms with E-state index in [0.717, 1.165) is 24.8 Å². The van der Waals surface area contributed by atoms with E-state index >= 15 is 0 Å². The molecule has 1 aliphatic carbocycles. The molecule has 2 N–H and O–H groups in total. The standard InChI is InChI=1S/C14H17NO3/c16-13(17)8-9-15-14(18)12-7-3-5-10-4-1-2-6-11(10)12/h1-2,4,6,12H,3,5,7-9H2,(H,15,18)(H,16,17). The molecule has 1 aromatic rings. The van der Waals surface area contributed by atoms with E-state index in [-0.39, 0.29) is 24.8 Å². The Morgan fingerprint density at radius 3 is 2.89 bits per heavy atom. The Balaban J connectivity index is 2.01. The summed E-state index contributed by atoms with van der Waals surface area (Å²) in [6.45, 7) is 0.201. The molecule has 1 unspecified atom stereocenters. The molecule has 0 heterocycles. The van der Waals surface area contributed by atoms with Crippen LogP contribution < -0.4 is 5.32 Å². The van der Waals surface area contributed by atoms with Crippen molar-refractivity contribution in [3.05, 3.63) is 35.4 Å². The zero-order valence-corrected chi connectivity index (χ0v) is 10.2. The Morgan fingerprint density at radius 2 is 2.11 bits per heavy atom. The van der Waals surface area contributed by atoms with Gasteiger partial charge in [-0.15, -0.1) is 0 Å². The van der Waals surface area contributed by atoms with Gasteiger partial charge >= 0.3 is 5.97 Å². The second-order valence-electron chi connectivity index (χ2n) is 4.58. The van der Waals surface area contributed by atoms with Crippen LogP contribution in [0.2, 0.25) is 0 Å². The smallest absolute Gasteiger partial charge is 0.305 e. The molecule has 0 aliphatic heterocycles. The number of hydrogen-bond acceptors (Lipinski definition) is 2. The van der Waals surface area contributed by atoms with Crippen LogP contribution in [0.3, 0.4) is 0 Å². The summed E-state index contributed by atoms with van der Waals surface area (Å²) in [5, 5.41) is 11.2. The van der Waals surface area contributed by atoms with E-state index in [9.17, 15) is 9.59 Å². The van der Waals surface area contributed by atoms with Crippen LogP contribution in [0.25, 0.3) is 0 Å². The van der Waals surface area contributed by atoms with Crippen LogP contribution in [0.15, 0.2) is 24.3 Å². The summed E-state index contributed by atoms with van der Waals surface area (Å²) in [6, 6.07) is 7.99. The van der Waals surface area contributed by atoms with Gasteiger partial charge in [0.05, 0.1) is 12.3 Å². The summed E-state index contributed by atoms with van der Waals surface area (Å²) in [6.07, 6.45) is 2.85. The molecule has 0 saturated heterocycles. The number of carboxylic acid groups (broad SMARTS) is 1. The van der Waals surface area contributed by atoms with E-state index in [1.807, 2.05) is 18.2 Å². The summed E-state index contributed by atoms with van der Waals surface area (Å²) in [5.41, 5.74) is 2.33. The first kappa shape index (κ1) is 12.6. The van der Waals surface area contributed by atoms with Crippen LogP contribution in [-0.2, 0) is 16.0 Å². The molecule has 96 valence electrons. The van der Waals surface area contributed by atoms with Gasteiger partial charge in [-0.25, -0.2) is 0 Å². The largest absolute Gasteiger partial charge is 0.481 e. The second-order valence-corrected chi connectivity index (χ2v) is 4.58. The highest BCUT2D eigenvalue weighted by molar-refractivity contribution is 5.84. The predicted molar refractivity (Wildman–Crippen MR) is 67.4 cm³/mol. The first-order chi connectivity index (χ1) is 8.68.